The monoisotopic (exact) mass is 865 g/mol. The number of esters is 3. The van der Waals surface area contributed by atoms with Crippen LogP contribution in [0.15, 0.2) is 72.9 Å². The zero-order valence-corrected chi connectivity index (χ0v) is 40.6. The third kappa shape index (κ3) is 47.9. The highest BCUT2D eigenvalue weighted by Crippen LogP contribution is 2.12. The molecule has 1 unspecified atom stereocenters. The summed E-state index contributed by atoms with van der Waals surface area (Å²) in [7, 11) is 0. The van der Waals surface area contributed by atoms with Gasteiger partial charge in [0, 0.05) is 19.3 Å². The maximum atomic E-state index is 12.7. The van der Waals surface area contributed by atoms with E-state index in [1.54, 1.807) is 0 Å². The third-order valence-corrected chi connectivity index (χ3v) is 11.0. The van der Waals surface area contributed by atoms with E-state index in [9.17, 15) is 14.4 Å². The molecule has 0 aliphatic rings. The highest BCUT2D eigenvalue weighted by molar-refractivity contribution is 5.71. The summed E-state index contributed by atoms with van der Waals surface area (Å²) in [6, 6.07) is 0. The Morgan fingerprint density at radius 1 is 0.339 bits per heavy atom. The van der Waals surface area contributed by atoms with Gasteiger partial charge in [0.2, 0.25) is 0 Å². The molecule has 0 aliphatic carbocycles. The topological polar surface area (TPSA) is 78.9 Å². The van der Waals surface area contributed by atoms with Gasteiger partial charge in [0.25, 0.3) is 0 Å². The van der Waals surface area contributed by atoms with Crippen LogP contribution in [0.4, 0.5) is 0 Å². The van der Waals surface area contributed by atoms with Crippen LogP contribution in [0, 0.1) is 0 Å². The zero-order chi connectivity index (χ0) is 45.1. The molecule has 62 heavy (non-hydrogen) atoms. The molecule has 6 nitrogen and oxygen atoms in total. The number of allylic oxidation sites excluding steroid dienone is 12. The van der Waals surface area contributed by atoms with E-state index in [1.165, 1.54) is 128 Å². The molecule has 0 saturated heterocycles. The van der Waals surface area contributed by atoms with Crippen molar-refractivity contribution in [3.05, 3.63) is 72.9 Å². The summed E-state index contributed by atoms with van der Waals surface area (Å²) in [5.74, 6) is -1.08. The summed E-state index contributed by atoms with van der Waals surface area (Å²) in [5, 5.41) is 0. The van der Waals surface area contributed by atoms with E-state index < -0.39 is 12.1 Å². The average Bonchev–Trinajstić information content (AvgIpc) is 3.27. The van der Waals surface area contributed by atoms with Crippen LogP contribution in [0.2, 0.25) is 0 Å². The summed E-state index contributed by atoms with van der Waals surface area (Å²) >= 11 is 0. The maximum Gasteiger partial charge on any atom is 0.306 e. The second-order valence-electron chi connectivity index (χ2n) is 17.1. The molecule has 0 aromatic carbocycles. The molecule has 0 bridgehead atoms. The number of unbranched alkanes of at least 4 members (excludes halogenated alkanes) is 24. The van der Waals surface area contributed by atoms with Gasteiger partial charge >= 0.3 is 17.9 Å². The van der Waals surface area contributed by atoms with Gasteiger partial charge in [0.15, 0.2) is 6.10 Å². The molecule has 0 saturated carbocycles. The molecule has 356 valence electrons. The van der Waals surface area contributed by atoms with Gasteiger partial charge < -0.3 is 14.2 Å². The fourth-order valence-electron chi connectivity index (χ4n) is 7.01. The fraction of sp³-hybridized carbons (Fsp3) is 0.732. The number of ether oxygens (including phenoxy) is 3. The number of hydrogen-bond donors (Lipinski definition) is 0. The van der Waals surface area contributed by atoms with Gasteiger partial charge in [-0.3, -0.25) is 14.4 Å². The Morgan fingerprint density at radius 3 is 1.08 bits per heavy atom. The van der Waals surface area contributed by atoms with E-state index in [1.807, 2.05) is 12.2 Å². The molecule has 0 fully saturated rings. The minimum Gasteiger partial charge on any atom is -0.462 e. The molecule has 6 heteroatoms. The Morgan fingerprint density at radius 2 is 0.661 bits per heavy atom. The molecule has 0 N–H and O–H groups in total. The van der Waals surface area contributed by atoms with E-state index in [4.69, 9.17) is 14.2 Å². The fourth-order valence-corrected chi connectivity index (χ4v) is 7.01. The lowest BCUT2D eigenvalue weighted by Crippen LogP contribution is -2.30. The highest BCUT2D eigenvalue weighted by atomic mass is 16.6. The third-order valence-electron chi connectivity index (χ3n) is 11.0. The van der Waals surface area contributed by atoms with Gasteiger partial charge in [0.05, 0.1) is 0 Å². The zero-order valence-electron chi connectivity index (χ0n) is 40.6. The van der Waals surface area contributed by atoms with E-state index >= 15 is 0 Å². The van der Waals surface area contributed by atoms with Crippen LogP contribution < -0.4 is 0 Å². The number of hydrogen-bond acceptors (Lipinski definition) is 6. The van der Waals surface area contributed by atoms with E-state index in [2.05, 4.69) is 81.5 Å². The van der Waals surface area contributed by atoms with Crippen LogP contribution in [0.1, 0.15) is 245 Å². The molecule has 0 aliphatic heterocycles. The van der Waals surface area contributed by atoms with Crippen molar-refractivity contribution in [3.63, 3.8) is 0 Å². The molecule has 0 aromatic rings. The molecule has 0 heterocycles. The molecule has 1 atom stereocenters. The van der Waals surface area contributed by atoms with Crippen molar-refractivity contribution >= 4 is 17.9 Å². The Bertz CT molecular complexity index is 1180. The number of rotatable bonds is 46. The lowest BCUT2D eigenvalue weighted by molar-refractivity contribution is -0.166. The molecule has 0 rings (SSSR count). The average molecular weight is 865 g/mol. The van der Waals surface area contributed by atoms with Crippen molar-refractivity contribution in [1.29, 1.82) is 0 Å². The van der Waals surface area contributed by atoms with Gasteiger partial charge in [-0.05, 0) is 83.5 Å². The van der Waals surface area contributed by atoms with Gasteiger partial charge in [-0.15, -0.1) is 0 Å². The van der Waals surface area contributed by atoms with Crippen molar-refractivity contribution in [3.8, 4) is 0 Å². The molecular weight excluding hydrogens is 769 g/mol. The summed E-state index contributed by atoms with van der Waals surface area (Å²) < 4.78 is 16.6. The summed E-state index contributed by atoms with van der Waals surface area (Å²) in [4.78, 5) is 37.9. The van der Waals surface area contributed by atoms with E-state index in [0.717, 1.165) is 64.2 Å². The Labute approximate surface area is 382 Å². The van der Waals surface area contributed by atoms with Crippen LogP contribution in [0.25, 0.3) is 0 Å². The molecule has 0 amide bonds. The van der Waals surface area contributed by atoms with E-state index in [-0.39, 0.29) is 38.0 Å². The lowest BCUT2D eigenvalue weighted by Gasteiger charge is -2.18. The Kier molecular flexibility index (Phi) is 47.9. The summed E-state index contributed by atoms with van der Waals surface area (Å²) in [5.41, 5.74) is 0. The van der Waals surface area contributed by atoms with Gasteiger partial charge in [-0.25, -0.2) is 0 Å². The smallest absolute Gasteiger partial charge is 0.306 e. The first-order valence-corrected chi connectivity index (χ1v) is 26.0. The van der Waals surface area contributed by atoms with Crippen molar-refractivity contribution < 1.29 is 28.6 Å². The first-order chi connectivity index (χ1) is 30.5. The normalized spacial score (nSPS) is 12.6. The minimum atomic E-state index is -0.833. The van der Waals surface area contributed by atoms with Crippen LogP contribution in [-0.4, -0.2) is 37.2 Å². The van der Waals surface area contributed by atoms with Gasteiger partial charge in [-0.1, -0.05) is 216 Å². The van der Waals surface area contributed by atoms with Gasteiger partial charge in [-0.2, -0.15) is 0 Å². The van der Waals surface area contributed by atoms with Crippen LogP contribution >= 0.6 is 0 Å². The Hall–Kier alpha value is -3.15. The van der Waals surface area contributed by atoms with Crippen molar-refractivity contribution in [2.45, 2.75) is 252 Å². The Balaban J connectivity index is 4.50. The van der Waals surface area contributed by atoms with Crippen molar-refractivity contribution in [2.75, 3.05) is 13.2 Å². The van der Waals surface area contributed by atoms with E-state index in [0.29, 0.717) is 19.3 Å². The van der Waals surface area contributed by atoms with Crippen molar-refractivity contribution in [1.82, 2.24) is 0 Å². The maximum absolute atomic E-state index is 12.7. The minimum absolute atomic E-state index is 0.123. The summed E-state index contributed by atoms with van der Waals surface area (Å²) in [6.45, 7) is 6.50. The predicted molar refractivity (Wildman–Crippen MR) is 265 cm³/mol. The quantitative estimate of drug-likeness (QED) is 0.0199. The first-order valence-electron chi connectivity index (χ1n) is 26.0. The van der Waals surface area contributed by atoms with Crippen LogP contribution in [-0.2, 0) is 28.6 Å². The van der Waals surface area contributed by atoms with Crippen LogP contribution in [0.3, 0.4) is 0 Å². The molecule has 0 radical (unpaired) electrons. The molecule has 0 aromatic heterocycles. The van der Waals surface area contributed by atoms with Crippen LogP contribution in [0.5, 0.6) is 0 Å². The summed E-state index contributed by atoms with van der Waals surface area (Å²) in [6.07, 6.45) is 63.4. The predicted octanol–water partition coefficient (Wildman–Crippen LogP) is 17.0. The lowest BCUT2D eigenvalue weighted by atomic mass is 10.1. The highest BCUT2D eigenvalue weighted by Gasteiger charge is 2.19. The number of carbonyl (C=O) groups excluding carboxylic acids is 3. The molecule has 0 spiro atoms. The largest absolute Gasteiger partial charge is 0.462 e. The van der Waals surface area contributed by atoms with Gasteiger partial charge in [0.1, 0.15) is 13.2 Å². The number of carbonyl (C=O) groups is 3. The molecular formula is C56H96O6. The second-order valence-corrected chi connectivity index (χ2v) is 17.1. The van der Waals surface area contributed by atoms with Crippen molar-refractivity contribution in [2.24, 2.45) is 0 Å². The standard InChI is InChI=1S/C56H96O6/c1-4-7-10-13-16-19-22-25-26-27-28-29-32-34-37-40-43-46-49-55(58)61-52-53(62-56(59)50-47-44-41-38-35-31-24-21-18-15-12-9-6-3)51-60-54(57)48-45-42-39-36-33-30-23-20-17-14-11-8-5-2/h26-31,33,35,39,41-42,44,53H,4-25,32,34,36-38,40,43,45-52H2,1-3H3/b27-26+,29-28+,33-30+,35-31+,42-39+,44-41+. The first kappa shape index (κ1) is 58.9. The second kappa shape index (κ2) is 50.5. The SMILES string of the molecule is CCCCCCCC/C=C/C/C=C/CCC(=O)OCC(COC(=O)CCCCCCC/C=C/C=C/CCCCCCCCC)OC(=O)CC/C=C/C/C=C/CCCCCCCC.